The van der Waals surface area contributed by atoms with Crippen LogP contribution < -0.4 is 0 Å². The van der Waals surface area contributed by atoms with Gasteiger partial charge in [0.2, 0.25) is 0 Å². The second-order valence-corrected chi connectivity index (χ2v) is 7.40. The van der Waals surface area contributed by atoms with Crippen molar-refractivity contribution >= 4 is 27.7 Å². The molecule has 0 amide bonds. The summed E-state index contributed by atoms with van der Waals surface area (Å²) in [6, 6.07) is 0. The second kappa shape index (κ2) is 13.1. The van der Waals surface area contributed by atoms with Crippen molar-refractivity contribution in [1.29, 1.82) is 0 Å². The van der Waals surface area contributed by atoms with Crippen LogP contribution in [-0.2, 0) is 33.1 Å². The SMILES string of the molecule is CCCC(CCC(=O)CCC(=O)CCOS(=O)(=O)OC)CC(=O)CC. The monoisotopic (exact) mass is 378 g/mol. The van der Waals surface area contributed by atoms with Crippen molar-refractivity contribution < 1.29 is 31.2 Å². The first-order valence-electron chi connectivity index (χ1n) is 8.74. The number of hydrogen-bond acceptors (Lipinski definition) is 7. The highest BCUT2D eigenvalue weighted by Crippen LogP contribution is 2.19. The summed E-state index contributed by atoms with van der Waals surface area (Å²) in [6.07, 6.45) is 4.08. The Morgan fingerprint density at radius 1 is 0.880 bits per heavy atom. The van der Waals surface area contributed by atoms with Crippen LogP contribution in [0.1, 0.15) is 71.6 Å². The van der Waals surface area contributed by atoms with Crippen molar-refractivity contribution in [3.05, 3.63) is 0 Å². The molecule has 0 heterocycles. The fourth-order valence-corrected chi connectivity index (χ4v) is 2.81. The molecule has 0 aromatic heterocycles. The van der Waals surface area contributed by atoms with E-state index in [0.717, 1.165) is 20.0 Å². The Morgan fingerprint density at radius 2 is 1.48 bits per heavy atom. The van der Waals surface area contributed by atoms with Crippen LogP contribution in [0.3, 0.4) is 0 Å². The van der Waals surface area contributed by atoms with Crippen LogP contribution in [0.15, 0.2) is 0 Å². The molecule has 0 aliphatic rings. The van der Waals surface area contributed by atoms with Crippen molar-refractivity contribution in [3.63, 3.8) is 0 Å². The summed E-state index contributed by atoms with van der Waals surface area (Å²) in [6.45, 7) is 3.60. The molecule has 0 bridgehead atoms. The molecule has 0 aliphatic heterocycles. The number of carbonyl (C=O) groups is 3. The Kier molecular flexibility index (Phi) is 12.5. The first-order valence-corrected chi connectivity index (χ1v) is 10.1. The average molecular weight is 378 g/mol. The van der Waals surface area contributed by atoms with Gasteiger partial charge in [0.05, 0.1) is 13.7 Å². The van der Waals surface area contributed by atoms with Gasteiger partial charge >= 0.3 is 10.4 Å². The van der Waals surface area contributed by atoms with Gasteiger partial charge < -0.3 is 0 Å². The number of ketones is 3. The molecule has 25 heavy (non-hydrogen) atoms. The molecule has 0 rings (SSSR count). The second-order valence-electron chi connectivity index (χ2n) is 6.01. The molecule has 146 valence electrons. The zero-order valence-corrected chi connectivity index (χ0v) is 16.2. The van der Waals surface area contributed by atoms with E-state index in [4.69, 9.17) is 0 Å². The van der Waals surface area contributed by atoms with Crippen LogP contribution in [0.5, 0.6) is 0 Å². The van der Waals surface area contributed by atoms with Crippen LogP contribution in [0.2, 0.25) is 0 Å². The van der Waals surface area contributed by atoms with Gasteiger partial charge in [-0.25, -0.2) is 4.18 Å². The Hall–Kier alpha value is -1.12. The zero-order chi connectivity index (χ0) is 19.3. The highest BCUT2D eigenvalue weighted by Gasteiger charge is 2.15. The summed E-state index contributed by atoms with van der Waals surface area (Å²) in [7, 11) is -3.06. The van der Waals surface area contributed by atoms with Crippen LogP contribution in [0, 0.1) is 5.92 Å². The van der Waals surface area contributed by atoms with Crippen molar-refractivity contribution in [2.75, 3.05) is 13.7 Å². The zero-order valence-electron chi connectivity index (χ0n) is 15.4. The van der Waals surface area contributed by atoms with Crippen molar-refractivity contribution in [2.24, 2.45) is 5.92 Å². The maximum absolute atomic E-state index is 11.9. The van der Waals surface area contributed by atoms with E-state index in [0.29, 0.717) is 25.7 Å². The molecule has 0 radical (unpaired) electrons. The fourth-order valence-electron chi connectivity index (χ4n) is 2.42. The van der Waals surface area contributed by atoms with Gasteiger partial charge in [0.25, 0.3) is 0 Å². The molecule has 0 spiro atoms. The number of hydrogen-bond donors (Lipinski definition) is 0. The molecule has 0 N–H and O–H groups in total. The van der Waals surface area contributed by atoms with Gasteiger partial charge in [-0.1, -0.05) is 26.7 Å². The third-order valence-corrected chi connectivity index (χ3v) is 4.80. The molecule has 8 heteroatoms. The van der Waals surface area contributed by atoms with Gasteiger partial charge in [0.1, 0.15) is 17.3 Å². The summed E-state index contributed by atoms with van der Waals surface area (Å²) in [5.74, 6) is 0.201. The Labute approximate surface area is 150 Å². The van der Waals surface area contributed by atoms with Gasteiger partial charge in [-0.3, -0.25) is 18.6 Å². The van der Waals surface area contributed by atoms with E-state index in [-0.39, 0.29) is 49.1 Å². The van der Waals surface area contributed by atoms with Crippen LogP contribution in [0.4, 0.5) is 0 Å². The standard InChI is InChI=1S/C17H30O7S/c1-4-6-14(13-15(18)5-2)7-8-16(19)9-10-17(20)11-12-24-25(21,22)23-3/h14H,4-13H2,1-3H3. The molecule has 7 nitrogen and oxygen atoms in total. The molecule has 0 aromatic carbocycles. The molecule has 0 aromatic rings. The minimum absolute atomic E-state index is 0.0103. The van der Waals surface area contributed by atoms with Gasteiger partial charge in [-0.15, -0.1) is 0 Å². The smallest absolute Gasteiger partial charge is 0.300 e. The molecular weight excluding hydrogens is 348 g/mol. The summed E-state index contributed by atoms with van der Waals surface area (Å²) in [5, 5.41) is 0. The number of Topliss-reactive ketones (excluding diaryl/α,β-unsaturated/α-hetero) is 3. The third-order valence-electron chi connectivity index (χ3n) is 3.93. The van der Waals surface area contributed by atoms with Gasteiger partial charge in [-0.2, -0.15) is 8.42 Å². The summed E-state index contributed by atoms with van der Waals surface area (Å²) >= 11 is 0. The molecular formula is C17H30O7S. The van der Waals surface area contributed by atoms with Crippen LogP contribution >= 0.6 is 0 Å². The maximum Gasteiger partial charge on any atom is 0.399 e. The number of carbonyl (C=O) groups excluding carboxylic acids is 3. The van der Waals surface area contributed by atoms with E-state index in [1.165, 1.54) is 0 Å². The Balaban J connectivity index is 4.04. The topological polar surface area (TPSA) is 104 Å². The maximum atomic E-state index is 11.9. The van der Waals surface area contributed by atoms with Crippen molar-refractivity contribution in [2.45, 2.75) is 71.6 Å². The molecule has 0 fully saturated rings. The predicted molar refractivity (Wildman–Crippen MR) is 93.3 cm³/mol. The molecule has 0 saturated heterocycles. The summed E-state index contributed by atoms with van der Waals surface area (Å²) in [4.78, 5) is 35.1. The van der Waals surface area contributed by atoms with Crippen LogP contribution in [0.25, 0.3) is 0 Å². The Morgan fingerprint density at radius 3 is 2.00 bits per heavy atom. The molecule has 0 aliphatic carbocycles. The molecule has 1 atom stereocenters. The van der Waals surface area contributed by atoms with Crippen molar-refractivity contribution in [3.8, 4) is 0 Å². The predicted octanol–water partition coefficient (Wildman–Crippen LogP) is 2.77. The lowest BCUT2D eigenvalue weighted by Crippen LogP contribution is -2.13. The highest BCUT2D eigenvalue weighted by atomic mass is 32.3. The van der Waals surface area contributed by atoms with E-state index in [1.54, 1.807) is 0 Å². The van der Waals surface area contributed by atoms with E-state index >= 15 is 0 Å². The minimum Gasteiger partial charge on any atom is -0.300 e. The quantitative estimate of drug-likeness (QED) is 0.407. The lowest BCUT2D eigenvalue weighted by Gasteiger charge is -2.14. The van der Waals surface area contributed by atoms with Gasteiger partial charge in [0.15, 0.2) is 0 Å². The largest absolute Gasteiger partial charge is 0.399 e. The van der Waals surface area contributed by atoms with Crippen LogP contribution in [-0.4, -0.2) is 39.5 Å². The van der Waals surface area contributed by atoms with Gasteiger partial charge in [-0.05, 0) is 12.3 Å². The summed E-state index contributed by atoms with van der Waals surface area (Å²) in [5.41, 5.74) is 0. The third kappa shape index (κ3) is 12.8. The average Bonchev–Trinajstić information content (AvgIpc) is 2.57. The first-order chi connectivity index (χ1) is 11.7. The van der Waals surface area contributed by atoms with Gasteiger partial charge in [0, 0.05) is 38.5 Å². The minimum atomic E-state index is -4.03. The lowest BCUT2D eigenvalue weighted by molar-refractivity contribution is -0.124. The van der Waals surface area contributed by atoms with E-state index in [9.17, 15) is 22.8 Å². The molecule has 1 unspecified atom stereocenters. The van der Waals surface area contributed by atoms with E-state index < -0.39 is 10.4 Å². The summed E-state index contributed by atoms with van der Waals surface area (Å²) < 4.78 is 30.3. The molecule has 0 saturated carbocycles. The van der Waals surface area contributed by atoms with E-state index in [1.807, 2.05) is 6.92 Å². The first kappa shape index (κ1) is 23.9. The van der Waals surface area contributed by atoms with E-state index in [2.05, 4.69) is 15.3 Å². The normalized spacial score (nSPS) is 12.8. The highest BCUT2D eigenvalue weighted by molar-refractivity contribution is 7.81. The Bertz CT molecular complexity index is 525. The lowest BCUT2D eigenvalue weighted by atomic mass is 9.90. The van der Waals surface area contributed by atoms with Crippen molar-refractivity contribution in [1.82, 2.24) is 0 Å². The fraction of sp³-hybridized carbons (Fsp3) is 0.824. The number of rotatable bonds is 16.